The maximum atomic E-state index is 13.7. The van der Waals surface area contributed by atoms with Gasteiger partial charge >= 0.3 is 0 Å². The molecule has 0 saturated heterocycles. The van der Waals surface area contributed by atoms with E-state index in [1.807, 2.05) is 0 Å². The molecule has 1 amide bonds. The highest BCUT2D eigenvalue weighted by Gasteiger charge is 2.14. The Hall–Kier alpha value is -3.08. The van der Waals surface area contributed by atoms with Gasteiger partial charge in [0, 0.05) is 11.8 Å². The van der Waals surface area contributed by atoms with Crippen LogP contribution in [0.5, 0.6) is 5.75 Å². The lowest BCUT2D eigenvalue weighted by molar-refractivity contribution is 0.0997. The van der Waals surface area contributed by atoms with Crippen LogP contribution in [0.3, 0.4) is 0 Å². The molecule has 0 unspecified atom stereocenters. The van der Waals surface area contributed by atoms with E-state index >= 15 is 0 Å². The number of anilines is 1. The molecule has 0 fully saturated rings. The normalized spacial score (nSPS) is 10.4. The summed E-state index contributed by atoms with van der Waals surface area (Å²) in [5.41, 5.74) is 0.729. The third-order valence-corrected chi connectivity index (χ3v) is 3.07. The Morgan fingerprint density at radius 3 is 2.64 bits per heavy atom. The van der Waals surface area contributed by atoms with Crippen LogP contribution in [0, 0.1) is 5.82 Å². The van der Waals surface area contributed by atoms with Gasteiger partial charge in [-0.15, -0.1) is 0 Å². The predicted molar refractivity (Wildman–Crippen MR) is 80.2 cm³/mol. The fourth-order valence-electron chi connectivity index (χ4n) is 2.04. The minimum Gasteiger partial charge on any atom is -0.508 e. The molecule has 3 rings (SSSR count). The summed E-state index contributed by atoms with van der Waals surface area (Å²) in [7, 11) is 0. The summed E-state index contributed by atoms with van der Waals surface area (Å²) < 4.78 is 19.1. The number of aromatic hydroxyl groups is 1. The summed E-state index contributed by atoms with van der Waals surface area (Å²) in [6, 6.07) is 15.3. The molecule has 0 atom stereocenters. The number of phenolic OH excluding ortho intramolecular Hbond substituents is 1. The van der Waals surface area contributed by atoms with Crippen LogP contribution >= 0.6 is 0 Å². The zero-order valence-corrected chi connectivity index (χ0v) is 11.4. The summed E-state index contributed by atoms with van der Waals surface area (Å²) in [5.74, 6) is -0.518. The number of amides is 1. The van der Waals surface area contributed by atoms with Crippen molar-refractivity contribution in [3.05, 3.63) is 72.2 Å². The molecule has 110 valence electrons. The van der Waals surface area contributed by atoms with E-state index < -0.39 is 11.7 Å². The number of hydrogen-bond acceptors (Lipinski definition) is 3. The van der Waals surface area contributed by atoms with Gasteiger partial charge in [0.05, 0.1) is 5.56 Å². The van der Waals surface area contributed by atoms with Gasteiger partial charge in [-0.1, -0.05) is 18.2 Å². The van der Waals surface area contributed by atoms with Gasteiger partial charge in [0.1, 0.15) is 17.3 Å². The van der Waals surface area contributed by atoms with Crippen molar-refractivity contribution in [2.45, 2.75) is 0 Å². The van der Waals surface area contributed by atoms with E-state index in [9.17, 15) is 14.3 Å². The summed E-state index contributed by atoms with van der Waals surface area (Å²) >= 11 is 0. The third kappa shape index (κ3) is 2.83. The van der Waals surface area contributed by atoms with Crippen LogP contribution in [0.2, 0.25) is 0 Å². The maximum absolute atomic E-state index is 13.7. The van der Waals surface area contributed by atoms with Crippen LogP contribution in [0.1, 0.15) is 10.6 Å². The molecule has 0 aliphatic rings. The molecular weight excluding hydrogens is 285 g/mol. The number of rotatable bonds is 3. The van der Waals surface area contributed by atoms with Crippen LogP contribution in [0.25, 0.3) is 11.3 Å². The molecule has 1 aromatic heterocycles. The average Bonchev–Trinajstić information content (AvgIpc) is 2.97. The van der Waals surface area contributed by atoms with E-state index in [1.165, 1.54) is 30.3 Å². The molecule has 3 aromatic rings. The molecular formula is C17H12FNO3. The lowest BCUT2D eigenvalue weighted by Crippen LogP contribution is -2.10. The minimum atomic E-state index is -0.479. The van der Waals surface area contributed by atoms with Crippen LogP contribution in [-0.4, -0.2) is 11.0 Å². The maximum Gasteiger partial charge on any atom is 0.291 e. The number of halogens is 1. The van der Waals surface area contributed by atoms with E-state index in [-0.39, 0.29) is 17.3 Å². The molecule has 2 N–H and O–H groups in total. The Balaban J connectivity index is 1.82. The van der Waals surface area contributed by atoms with Crippen LogP contribution in [0.15, 0.2) is 65.1 Å². The van der Waals surface area contributed by atoms with Gasteiger partial charge in [-0.25, -0.2) is 4.39 Å². The molecule has 0 saturated carbocycles. The molecule has 0 aliphatic carbocycles. The van der Waals surface area contributed by atoms with Gasteiger partial charge < -0.3 is 14.8 Å². The van der Waals surface area contributed by atoms with E-state index in [0.29, 0.717) is 11.3 Å². The van der Waals surface area contributed by atoms with Crippen molar-refractivity contribution in [3.8, 4) is 17.1 Å². The second-order valence-corrected chi connectivity index (χ2v) is 4.65. The molecule has 0 aliphatic heterocycles. The van der Waals surface area contributed by atoms with E-state index in [0.717, 1.165) is 0 Å². The number of carbonyl (C=O) groups is 1. The summed E-state index contributed by atoms with van der Waals surface area (Å²) in [6.45, 7) is 0. The first kappa shape index (κ1) is 13.9. The number of phenols is 1. The molecule has 0 bridgehead atoms. The highest BCUT2D eigenvalue weighted by molar-refractivity contribution is 6.02. The largest absolute Gasteiger partial charge is 0.508 e. The minimum absolute atomic E-state index is 0.0456. The number of furan rings is 1. The van der Waals surface area contributed by atoms with Crippen molar-refractivity contribution in [1.82, 2.24) is 0 Å². The lowest BCUT2D eigenvalue weighted by Gasteiger charge is -2.03. The average molecular weight is 297 g/mol. The zero-order valence-electron chi connectivity index (χ0n) is 11.4. The number of nitrogens with one attached hydrogen (secondary N) is 1. The summed E-state index contributed by atoms with van der Waals surface area (Å²) in [6.07, 6.45) is 0. The fraction of sp³-hybridized carbons (Fsp3) is 0. The van der Waals surface area contributed by atoms with E-state index in [2.05, 4.69) is 5.32 Å². The van der Waals surface area contributed by atoms with Crippen LogP contribution < -0.4 is 5.32 Å². The SMILES string of the molecule is O=C(Nc1cccc(O)c1)c1ccc(-c2ccccc2F)o1. The van der Waals surface area contributed by atoms with Gasteiger partial charge in [-0.05, 0) is 36.4 Å². The Morgan fingerprint density at radius 1 is 1.05 bits per heavy atom. The molecule has 22 heavy (non-hydrogen) atoms. The highest BCUT2D eigenvalue weighted by Crippen LogP contribution is 2.25. The van der Waals surface area contributed by atoms with Gasteiger partial charge in [-0.3, -0.25) is 4.79 Å². The smallest absolute Gasteiger partial charge is 0.291 e. The number of hydrogen-bond donors (Lipinski definition) is 2. The molecule has 0 spiro atoms. The second kappa shape index (κ2) is 5.73. The first-order valence-electron chi connectivity index (χ1n) is 6.58. The lowest BCUT2D eigenvalue weighted by atomic mass is 10.1. The zero-order chi connectivity index (χ0) is 15.5. The third-order valence-electron chi connectivity index (χ3n) is 3.07. The highest BCUT2D eigenvalue weighted by atomic mass is 19.1. The monoisotopic (exact) mass is 297 g/mol. The Bertz CT molecular complexity index is 826. The second-order valence-electron chi connectivity index (χ2n) is 4.65. The van der Waals surface area contributed by atoms with Crippen molar-refractivity contribution < 1.29 is 18.7 Å². The quantitative estimate of drug-likeness (QED) is 0.766. The van der Waals surface area contributed by atoms with E-state index in [4.69, 9.17) is 4.42 Å². The Kier molecular flexibility index (Phi) is 3.62. The van der Waals surface area contributed by atoms with Gasteiger partial charge in [0.2, 0.25) is 0 Å². The fourth-order valence-corrected chi connectivity index (χ4v) is 2.04. The van der Waals surface area contributed by atoms with Gasteiger partial charge in [-0.2, -0.15) is 0 Å². The predicted octanol–water partition coefficient (Wildman–Crippen LogP) is 4.04. The molecule has 4 nitrogen and oxygen atoms in total. The molecule has 0 radical (unpaired) electrons. The number of carbonyl (C=O) groups excluding carboxylic acids is 1. The summed E-state index contributed by atoms with van der Waals surface area (Å²) in [5, 5.41) is 12.0. The Morgan fingerprint density at radius 2 is 1.86 bits per heavy atom. The van der Waals surface area contributed by atoms with Crippen LogP contribution in [-0.2, 0) is 0 Å². The first-order chi connectivity index (χ1) is 10.6. The van der Waals surface area contributed by atoms with Crippen molar-refractivity contribution in [2.75, 3.05) is 5.32 Å². The van der Waals surface area contributed by atoms with Crippen molar-refractivity contribution in [2.24, 2.45) is 0 Å². The van der Waals surface area contributed by atoms with Crippen molar-refractivity contribution in [3.63, 3.8) is 0 Å². The molecule has 2 aromatic carbocycles. The Labute approximate surface area is 125 Å². The van der Waals surface area contributed by atoms with Gasteiger partial charge in [0.25, 0.3) is 5.91 Å². The summed E-state index contributed by atoms with van der Waals surface area (Å²) in [4.78, 5) is 12.1. The van der Waals surface area contributed by atoms with Crippen LogP contribution in [0.4, 0.5) is 10.1 Å². The topological polar surface area (TPSA) is 62.5 Å². The molecule has 1 heterocycles. The van der Waals surface area contributed by atoms with Crippen molar-refractivity contribution in [1.29, 1.82) is 0 Å². The van der Waals surface area contributed by atoms with Gasteiger partial charge in [0.15, 0.2) is 5.76 Å². The van der Waals surface area contributed by atoms with E-state index in [1.54, 1.807) is 30.3 Å². The number of benzene rings is 2. The molecule has 5 heteroatoms. The van der Waals surface area contributed by atoms with Crippen molar-refractivity contribution >= 4 is 11.6 Å². The standard InChI is InChI=1S/C17H12FNO3/c18-14-7-2-1-6-13(14)15-8-9-16(22-15)17(21)19-11-4-3-5-12(20)10-11/h1-10,20H,(H,19,21). The first-order valence-corrected chi connectivity index (χ1v) is 6.58.